The van der Waals surface area contributed by atoms with Gasteiger partial charge in [0.25, 0.3) is 0 Å². The SMILES string of the molecule is CCc1ccc2c(c1)CC=N2. The van der Waals surface area contributed by atoms with Crippen molar-refractivity contribution in [1.82, 2.24) is 0 Å². The van der Waals surface area contributed by atoms with Crippen LogP contribution in [0, 0.1) is 0 Å². The van der Waals surface area contributed by atoms with Crippen LogP contribution in [0.15, 0.2) is 23.2 Å². The Labute approximate surface area is 66.8 Å². The summed E-state index contributed by atoms with van der Waals surface area (Å²) in [5, 5.41) is 0. The van der Waals surface area contributed by atoms with Gasteiger partial charge in [0.05, 0.1) is 5.69 Å². The van der Waals surface area contributed by atoms with Gasteiger partial charge >= 0.3 is 0 Å². The average molecular weight is 145 g/mol. The third-order valence-electron chi connectivity index (χ3n) is 2.09. The molecule has 1 aromatic rings. The first-order valence-electron chi connectivity index (χ1n) is 4.04. The molecule has 1 nitrogen and oxygen atoms in total. The van der Waals surface area contributed by atoms with Crippen molar-refractivity contribution in [2.24, 2.45) is 4.99 Å². The average Bonchev–Trinajstić information content (AvgIpc) is 2.50. The molecule has 11 heavy (non-hydrogen) atoms. The largest absolute Gasteiger partial charge is 0.261 e. The monoisotopic (exact) mass is 145 g/mol. The van der Waals surface area contributed by atoms with Crippen LogP contribution < -0.4 is 0 Å². The van der Waals surface area contributed by atoms with Crippen LogP contribution in [-0.2, 0) is 12.8 Å². The summed E-state index contributed by atoms with van der Waals surface area (Å²) in [6.45, 7) is 2.18. The summed E-state index contributed by atoms with van der Waals surface area (Å²) in [5.41, 5.74) is 3.95. The van der Waals surface area contributed by atoms with E-state index in [0.717, 1.165) is 18.5 Å². The molecule has 0 radical (unpaired) electrons. The molecule has 0 N–H and O–H groups in total. The summed E-state index contributed by atoms with van der Waals surface area (Å²) in [6, 6.07) is 6.52. The second-order valence-electron chi connectivity index (χ2n) is 2.83. The number of aliphatic imine (C=N–C) groups is 1. The van der Waals surface area contributed by atoms with Crippen LogP contribution in [0.4, 0.5) is 5.69 Å². The molecule has 1 heterocycles. The van der Waals surface area contributed by atoms with Gasteiger partial charge in [0.1, 0.15) is 0 Å². The van der Waals surface area contributed by atoms with Crippen molar-refractivity contribution >= 4 is 11.9 Å². The third-order valence-corrected chi connectivity index (χ3v) is 2.09. The van der Waals surface area contributed by atoms with E-state index in [9.17, 15) is 0 Å². The molecule has 1 aliphatic heterocycles. The van der Waals surface area contributed by atoms with Gasteiger partial charge in [-0.3, -0.25) is 4.99 Å². The first-order chi connectivity index (χ1) is 5.40. The van der Waals surface area contributed by atoms with E-state index in [1.165, 1.54) is 11.1 Å². The molecule has 0 unspecified atom stereocenters. The fraction of sp³-hybridized carbons (Fsp3) is 0.300. The highest BCUT2D eigenvalue weighted by atomic mass is 14.7. The maximum absolute atomic E-state index is 4.25. The van der Waals surface area contributed by atoms with Crippen molar-refractivity contribution in [2.75, 3.05) is 0 Å². The minimum atomic E-state index is 1.02. The number of nitrogens with zero attached hydrogens (tertiary/aromatic N) is 1. The smallest absolute Gasteiger partial charge is 0.0661 e. The molecule has 1 aliphatic rings. The Morgan fingerprint density at radius 2 is 2.36 bits per heavy atom. The molecular formula is C10H11N. The zero-order valence-corrected chi connectivity index (χ0v) is 6.67. The molecule has 0 atom stereocenters. The Hall–Kier alpha value is -1.11. The van der Waals surface area contributed by atoms with Gasteiger partial charge in [0.15, 0.2) is 0 Å². The first-order valence-corrected chi connectivity index (χ1v) is 4.04. The summed E-state index contributed by atoms with van der Waals surface area (Å²) in [5.74, 6) is 0. The van der Waals surface area contributed by atoms with Crippen LogP contribution in [0.5, 0.6) is 0 Å². The van der Waals surface area contributed by atoms with Crippen LogP contribution in [0.1, 0.15) is 18.1 Å². The fourth-order valence-electron chi connectivity index (χ4n) is 1.39. The van der Waals surface area contributed by atoms with Crippen LogP contribution in [-0.4, -0.2) is 6.21 Å². The lowest BCUT2D eigenvalue weighted by atomic mass is 10.1. The number of rotatable bonds is 1. The molecule has 0 saturated heterocycles. The summed E-state index contributed by atoms with van der Waals surface area (Å²) >= 11 is 0. The topological polar surface area (TPSA) is 12.4 Å². The lowest BCUT2D eigenvalue weighted by Gasteiger charge is -1.99. The Balaban J connectivity index is 2.45. The zero-order chi connectivity index (χ0) is 7.68. The third kappa shape index (κ3) is 1.07. The second-order valence-corrected chi connectivity index (χ2v) is 2.83. The van der Waals surface area contributed by atoms with E-state index < -0.39 is 0 Å². The van der Waals surface area contributed by atoms with E-state index in [4.69, 9.17) is 0 Å². The minimum absolute atomic E-state index is 1.02. The molecule has 0 aliphatic carbocycles. The van der Waals surface area contributed by atoms with Crippen molar-refractivity contribution in [3.05, 3.63) is 29.3 Å². The molecule has 2 rings (SSSR count). The minimum Gasteiger partial charge on any atom is -0.261 e. The predicted molar refractivity (Wildman–Crippen MR) is 47.7 cm³/mol. The molecule has 1 heteroatoms. The first kappa shape index (κ1) is 6.59. The summed E-state index contributed by atoms with van der Waals surface area (Å²) < 4.78 is 0. The van der Waals surface area contributed by atoms with Crippen LogP contribution in [0.25, 0.3) is 0 Å². The van der Waals surface area contributed by atoms with Crippen molar-refractivity contribution in [1.29, 1.82) is 0 Å². The molecular weight excluding hydrogens is 134 g/mol. The number of fused-ring (bicyclic) bond motifs is 1. The normalized spacial score (nSPS) is 13.5. The molecule has 0 amide bonds. The molecule has 0 fully saturated rings. The summed E-state index contributed by atoms with van der Waals surface area (Å²) in [6.07, 6.45) is 4.11. The Bertz CT molecular complexity index is 300. The predicted octanol–water partition coefficient (Wildman–Crippen LogP) is 2.51. The standard InChI is InChI=1S/C10H11N/c1-2-8-3-4-10-9(7-8)5-6-11-10/h3-4,6-7H,2,5H2,1H3. The van der Waals surface area contributed by atoms with E-state index in [1.807, 2.05) is 6.21 Å². The van der Waals surface area contributed by atoms with E-state index in [1.54, 1.807) is 0 Å². The maximum atomic E-state index is 4.25. The molecule has 56 valence electrons. The van der Waals surface area contributed by atoms with Crippen molar-refractivity contribution in [3.8, 4) is 0 Å². The van der Waals surface area contributed by atoms with Crippen LogP contribution in [0.3, 0.4) is 0 Å². The van der Waals surface area contributed by atoms with Gasteiger partial charge in [0, 0.05) is 12.6 Å². The number of hydrogen-bond donors (Lipinski definition) is 0. The molecule has 1 aromatic carbocycles. The lowest BCUT2D eigenvalue weighted by molar-refractivity contribution is 1.13. The van der Waals surface area contributed by atoms with Gasteiger partial charge in [-0.2, -0.15) is 0 Å². The second kappa shape index (κ2) is 2.50. The highest BCUT2D eigenvalue weighted by Crippen LogP contribution is 2.24. The quantitative estimate of drug-likeness (QED) is 0.575. The Morgan fingerprint density at radius 3 is 3.18 bits per heavy atom. The van der Waals surface area contributed by atoms with Gasteiger partial charge < -0.3 is 0 Å². The van der Waals surface area contributed by atoms with Gasteiger partial charge in [-0.05, 0) is 23.6 Å². The fourth-order valence-corrected chi connectivity index (χ4v) is 1.39. The number of benzene rings is 1. The van der Waals surface area contributed by atoms with Crippen molar-refractivity contribution in [2.45, 2.75) is 19.8 Å². The highest BCUT2D eigenvalue weighted by Gasteiger charge is 2.05. The van der Waals surface area contributed by atoms with E-state index in [0.29, 0.717) is 0 Å². The number of hydrogen-bond acceptors (Lipinski definition) is 1. The van der Waals surface area contributed by atoms with Gasteiger partial charge in [-0.1, -0.05) is 19.1 Å². The van der Waals surface area contributed by atoms with E-state index in [-0.39, 0.29) is 0 Å². The van der Waals surface area contributed by atoms with Gasteiger partial charge in [-0.25, -0.2) is 0 Å². The maximum Gasteiger partial charge on any atom is 0.0661 e. The van der Waals surface area contributed by atoms with Gasteiger partial charge in [0.2, 0.25) is 0 Å². The molecule has 0 spiro atoms. The molecule has 0 saturated carbocycles. The Kier molecular flexibility index (Phi) is 1.50. The van der Waals surface area contributed by atoms with Crippen molar-refractivity contribution in [3.63, 3.8) is 0 Å². The highest BCUT2D eigenvalue weighted by molar-refractivity contribution is 5.75. The van der Waals surface area contributed by atoms with E-state index >= 15 is 0 Å². The molecule has 0 bridgehead atoms. The van der Waals surface area contributed by atoms with Crippen LogP contribution >= 0.6 is 0 Å². The molecule has 0 aromatic heterocycles. The van der Waals surface area contributed by atoms with Crippen molar-refractivity contribution < 1.29 is 0 Å². The number of aryl methyl sites for hydroxylation is 1. The van der Waals surface area contributed by atoms with Gasteiger partial charge in [-0.15, -0.1) is 0 Å². The van der Waals surface area contributed by atoms with E-state index in [2.05, 4.69) is 30.1 Å². The Morgan fingerprint density at radius 1 is 1.45 bits per heavy atom. The zero-order valence-electron chi connectivity index (χ0n) is 6.67. The summed E-state index contributed by atoms with van der Waals surface area (Å²) in [7, 11) is 0. The summed E-state index contributed by atoms with van der Waals surface area (Å²) in [4.78, 5) is 4.25. The van der Waals surface area contributed by atoms with Crippen LogP contribution in [0.2, 0.25) is 0 Å². The lowest BCUT2D eigenvalue weighted by Crippen LogP contribution is -1.83.